The first-order chi connectivity index (χ1) is 11.1. The van der Waals surface area contributed by atoms with Gasteiger partial charge in [-0.25, -0.2) is 0 Å². The lowest BCUT2D eigenvalue weighted by Gasteiger charge is -2.08. The Balaban J connectivity index is 1.84. The van der Waals surface area contributed by atoms with Gasteiger partial charge in [0.05, 0.1) is 0 Å². The van der Waals surface area contributed by atoms with Crippen LogP contribution in [0.4, 0.5) is 0 Å². The van der Waals surface area contributed by atoms with Gasteiger partial charge in [-0.15, -0.1) is 5.10 Å². The summed E-state index contributed by atoms with van der Waals surface area (Å²) in [6.07, 6.45) is 0. The smallest absolute Gasteiger partial charge is 0.264 e. The number of nitrogens with zero attached hydrogens (tertiary/aromatic N) is 3. The topological polar surface area (TPSA) is 74.1 Å². The van der Waals surface area contributed by atoms with Crippen molar-refractivity contribution in [1.29, 1.82) is 0 Å². The molecular weight excluding hydrogens is 314 g/mol. The largest absolute Gasteiger partial charge is 0.359 e. The van der Waals surface area contributed by atoms with Crippen LogP contribution in [-0.2, 0) is 10.1 Å². The summed E-state index contributed by atoms with van der Waals surface area (Å²) in [6.45, 7) is 0. The molecule has 1 heterocycles. The van der Waals surface area contributed by atoms with Crippen molar-refractivity contribution in [2.75, 3.05) is 0 Å². The van der Waals surface area contributed by atoms with Crippen molar-refractivity contribution < 1.29 is 12.7 Å². The fraction of sp³-hybridized carbons (Fsp3) is 0. The van der Waals surface area contributed by atoms with Gasteiger partial charge in [0.25, 0.3) is 0 Å². The van der Waals surface area contributed by atoms with E-state index in [1.54, 1.807) is 42.5 Å². The maximum absolute atomic E-state index is 12.6. The minimum Gasteiger partial charge on any atom is -0.264 e. The van der Waals surface area contributed by atoms with Gasteiger partial charge in [-0.1, -0.05) is 53.4 Å². The third-order valence-electron chi connectivity index (χ3n) is 3.51. The van der Waals surface area contributed by atoms with Gasteiger partial charge in [0.15, 0.2) is 0 Å². The van der Waals surface area contributed by atoms with Crippen molar-refractivity contribution in [3.8, 4) is 0 Å². The Morgan fingerprint density at radius 3 is 2.52 bits per heavy atom. The summed E-state index contributed by atoms with van der Waals surface area (Å²) in [5, 5.41) is 9.05. The molecule has 114 valence electrons. The van der Waals surface area contributed by atoms with E-state index in [1.165, 1.54) is 6.07 Å². The fourth-order valence-corrected chi connectivity index (χ4v) is 3.53. The van der Waals surface area contributed by atoms with E-state index < -0.39 is 10.1 Å². The SMILES string of the molecule is O=S(=O)(On1nnc2ccccc21)c1cccc2ccccc12. The first-order valence-electron chi connectivity index (χ1n) is 6.88. The number of para-hydroxylation sites is 1. The minimum absolute atomic E-state index is 0.0928. The lowest BCUT2D eigenvalue weighted by molar-refractivity contribution is 0.245. The Kier molecular flexibility index (Phi) is 3.02. The number of aromatic nitrogens is 3. The molecule has 0 radical (unpaired) electrons. The Hall–Kier alpha value is -2.93. The van der Waals surface area contributed by atoms with Crippen LogP contribution in [0, 0.1) is 0 Å². The number of fused-ring (bicyclic) bond motifs is 2. The van der Waals surface area contributed by atoms with Crippen molar-refractivity contribution in [3.63, 3.8) is 0 Å². The van der Waals surface area contributed by atoms with E-state index in [4.69, 9.17) is 4.28 Å². The number of rotatable bonds is 3. The number of benzene rings is 3. The van der Waals surface area contributed by atoms with Crippen LogP contribution in [0.2, 0.25) is 0 Å². The monoisotopic (exact) mass is 325 g/mol. The summed E-state index contributed by atoms with van der Waals surface area (Å²) in [5.41, 5.74) is 1.04. The molecular formula is C16H11N3O3S. The van der Waals surface area contributed by atoms with E-state index in [-0.39, 0.29) is 4.90 Å². The molecule has 0 N–H and O–H groups in total. The molecule has 0 aliphatic carbocycles. The van der Waals surface area contributed by atoms with E-state index in [1.807, 2.05) is 18.2 Å². The third kappa shape index (κ3) is 2.31. The molecule has 0 spiro atoms. The Morgan fingerprint density at radius 1 is 0.870 bits per heavy atom. The van der Waals surface area contributed by atoms with Crippen molar-refractivity contribution in [1.82, 2.24) is 15.2 Å². The van der Waals surface area contributed by atoms with Crippen LogP contribution in [0.15, 0.2) is 71.6 Å². The van der Waals surface area contributed by atoms with Crippen LogP contribution >= 0.6 is 0 Å². The van der Waals surface area contributed by atoms with Gasteiger partial charge in [0.1, 0.15) is 15.9 Å². The summed E-state index contributed by atoms with van der Waals surface area (Å²) < 4.78 is 30.5. The summed E-state index contributed by atoms with van der Waals surface area (Å²) in [4.78, 5) is 1.02. The van der Waals surface area contributed by atoms with Crippen LogP contribution in [0.5, 0.6) is 0 Å². The molecule has 0 bridgehead atoms. The average Bonchev–Trinajstić information content (AvgIpc) is 2.97. The normalized spacial score (nSPS) is 11.8. The second kappa shape index (κ2) is 5.06. The van der Waals surface area contributed by atoms with Crippen LogP contribution in [-0.4, -0.2) is 23.6 Å². The van der Waals surface area contributed by atoms with Crippen LogP contribution in [0.3, 0.4) is 0 Å². The molecule has 1 aromatic heterocycles. The van der Waals surface area contributed by atoms with E-state index in [9.17, 15) is 8.42 Å². The second-order valence-electron chi connectivity index (χ2n) is 4.96. The summed E-state index contributed by atoms with van der Waals surface area (Å²) >= 11 is 0. The molecule has 0 amide bonds. The number of hydrogen-bond acceptors (Lipinski definition) is 5. The van der Waals surface area contributed by atoms with Crippen molar-refractivity contribution in [3.05, 3.63) is 66.7 Å². The summed E-state index contributed by atoms with van der Waals surface area (Å²) in [7, 11) is -4.04. The van der Waals surface area contributed by atoms with E-state index in [0.29, 0.717) is 16.4 Å². The molecule has 6 nitrogen and oxygen atoms in total. The van der Waals surface area contributed by atoms with Crippen molar-refractivity contribution in [2.45, 2.75) is 4.90 Å². The molecule has 3 aromatic carbocycles. The van der Waals surface area contributed by atoms with Gasteiger partial charge < -0.3 is 0 Å². The quantitative estimate of drug-likeness (QED) is 0.578. The zero-order valence-corrected chi connectivity index (χ0v) is 12.6. The van der Waals surface area contributed by atoms with Gasteiger partial charge in [0.2, 0.25) is 0 Å². The van der Waals surface area contributed by atoms with Crippen LogP contribution in [0.1, 0.15) is 0 Å². The molecule has 4 aromatic rings. The highest BCUT2D eigenvalue weighted by Crippen LogP contribution is 2.23. The van der Waals surface area contributed by atoms with Crippen molar-refractivity contribution >= 4 is 31.9 Å². The molecule has 23 heavy (non-hydrogen) atoms. The zero-order valence-electron chi connectivity index (χ0n) is 11.8. The highest BCUT2D eigenvalue weighted by atomic mass is 32.2. The number of hydrogen-bond donors (Lipinski definition) is 0. The fourth-order valence-electron chi connectivity index (χ4n) is 2.45. The molecule has 0 saturated heterocycles. The van der Waals surface area contributed by atoms with Gasteiger partial charge in [0, 0.05) is 5.39 Å². The molecule has 0 fully saturated rings. The van der Waals surface area contributed by atoms with Crippen LogP contribution in [0.25, 0.3) is 21.8 Å². The first kappa shape index (κ1) is 13.7. The van der Waals surface area contributed by atoms with E-state index in [2.05, 4.69) is 10.3 Å². The molecule has 0 unspecified atom stereocenters. The maximum Gasteiger partial charge on any atom is 0.359 e. The van der Waals surface area contributed by atoms with Gasteiger partial charge in [-0.3, -0.25) is 4.28 Å². The zero-order chi connectivity index (χ0) is 15.9. The highest BCUT2D eigenvalue weighted by molar-refractivity contribution is 7.87. The Labute approximate surface area is 132 Å². The highest BCUT2D eigenvalue weighted by Gasteiger charge is 2.21. The summed E-state index contributed by atoms with van der Waals surface area (Å²) in [5.74, 6) is 0. The first-order valence-corrected chi connectivity index (χ1v) is 8.29. The van der Waals surface area contributed by atoms with Crippen molar-refractivity contribution in [2.24, 2.45) is 0 Å². The molecule has 7 heteroatoms. The average molecular weight is 325 g/mol. The lowest BCUT2D eigenvalue weighted by atomic mass is 10.1. The molecule has 4 rings (SSSR count). The van der Waals surface area contributed by atoms with Gasteiger partial charge in [-0.2, -0.15) is 8.42 Å². The predicted octanol–water partition coefficient (Wildman–Crippen LogP) is 2.40. The van der Waals surface area contributed by atoms with E-state index in [0.717, 1.165) is 10.2 Å². The molecule has 0 aliphatic heterocycles. The predicted molar refractivity (Wildman–Crippen MR) is 85.2 cm³/mol. The van der Waals surface area contributed by atoms with Gasteiger partial charge >= 0.3 is 10.1 Å². The Morgan fingerprint density at radius 2 is 1.61 bits per heavy atom. The minimum atomic E-state index is -4.04. The maximum atomic E-state index is 12.6. The molecule has 0 aliphatic rings. The Bertz CT molecular complexity index is 1110. The molecule has 0 atom stereocenters. The van der Waals surface area contributed by atoms with Crippen LogP contribution < -0.4 is 4.28 Å². The molecule has 0 saturated carbocycles. The van der Waals surface area contributed by atoms with Gasteiger partial charge in [-0.05, 0) is 28.8 Å². The standard InChI is InChI=1S/C16H11N3O3S/c20-23(21,16-11-5-7-12-6-1-2-8-13(12)16)22-19-15-10-4-3-9-14(15)17-18-19/h1-11H. The summed E-state index contributed by atoms with van der Waals surface area (Å²) in [6, 6.07) is 19.2. The third-order valence-corrected chi connectivity index (χ3v) is 4.74. The lowest BCUT2D eigenvalue weighted by Crippen LogP contribution is -2.21. The van der Waals surface area contributed by atoms with E-state index >= 15 is 0 Å². The second-order valence-corrected chi connectivity index (χ2v) is 6.45.